The Hall–Kier alpha value is -2.39. The van der Waals surface area contributed by atoms with Gasteiger partial charge in [-0.2, -0.15) is 11.0 Å². The second kappa shape index (κ2) is 10.8. The molecule has 0 heterocycles. The molecule has 0 bridgehead atoms. The van der Waals surface area contributed by atoms with Gasteiger partial charge in [0, 0.05) is 35.7 Å². The van der Waals surface area contributed by atoms with Gasteiger partial charge in [-0.1, -0.05) is 23.2 Å². The molecule has 12 heteroatoms. The van der Waals surface area contributed by atoms with Gasteiger partial charge < -0.3 is 4.90 Å². The number of anilines is 1. The van der Waals surface area contributed by atoms with E-state index >= 15 is 0 Å². The summed E-state index contributed by atoms with van der Waals surface area (Å²) in [5.41, 5.74) is 1.29. The van der Waals surface area contributed by atoms with Crippen molar-refractivity contribution in [1.29, 1.82) is 0 Å². The number of benzene rings is 2. The molecule has 2 N–H and O–H groups in total. The SMILES string of the molecule is CCN(C#CSOON)c1ccc(N=Nc2c(Cl)cc([N+](=O)[O-])cc2Cl)cc1. The van der Waals surface area contributed by atoms with E-state index in [-0.39, 0.29) is 21.4 Å². The van der Waals surface area contributed by atoms with Crippen molar-refractivity contribution in [1.82, 2.24) is 0 Å². The lowest BCUT2D eigenvalue weighted by Gasteiger charge is -2.14. The molecule has 28 heavy (non-hydrogen) atoms. The van der Waals surface area contributed by atoms with Gasteiger partial charge in [0.2, 0.25) is 0 Å². The maximum absolute atomic E-state index is 10.8. The topological polar surface area (TPSA) is 116 Å². The summed E-state index contributed by atoms with van der Waals surface area (Å²) in [6, 6.07) is 12.3. The van der Waals surface area contributed by atoms with Gasteiger partial charge in [-0.05, 0) is 31.2 Å². The molecule has 2 aromatic rings. The number of halogens is 2. The average molecular weight is 442 g/mol. The third kappa shape index (κ3) is 6.07. The van der Waals surface area contributed by atoms with Crippen LogP contribution < -0.4 is 10.8 Å². The number of hydrogen-bond donors (Lipinski definition) is 1. The van der Waals surface area contributed by atoms with E-state index in [1.165, 1.54) is 12.1 Å². The highest BCUT2D eigenvalue weighted by Crippen LogP contribution is 2.37. The van der Waals surface area contributed by atoms with Gasteiger partial charge in [-0.15, -0.1) is 14.4 Å². The Bertz CT molecular complexity index is 908. The van der Waals surface area contributed by atoms with Gasteiger partial charge in [0.25, 0.3) is 5.69 Å². The van der Waals surface area contributed by atoms with E-state index in [0.717, 1.165) is 17.7 Å². The average Bonchev–Trinajstić information content (AvgIpc) is 2.68. The third-order valence-corrected chi connectivity index (χ3v) is 4.15. The van der Waals surface area contributed by atoms with Crippen molar-refractivity contribution in [2.75, 3.05) is 11.4 Å². The number of nitro groups is 1. The molecular weight excluding hydrogens is 429 g/mol. The van der Waals surface area contributed by atoms with E-state index in [4.69, 9.17) is 29.1 Å². The molecule has 0 unspecified atom stereocenters. The smallest absolute Gasteiger partial charge is 0.272 e. The zero-order valence-corrected chi connectivity index (χ0v) is 16.7. The molecule has 0 radical (unpaired) electrons. The largest absolute Gasteiger partial charge is 0.301 e. The lowest BCUT2D eigenvalue weighted by atomic mass is 10.2. The highest BCUT2D eigenvalue weighted by atomic mass is 35.5. The molecule has 0 aliphatic rings. The number of rotatable bonds is 7. The molecule has 0 saturated heterocycles. The van der Waals surface area contributed by atoms with E-state index in [0.29, 0.717) is 12.2 Å². The molecular formula is C16H13Cl2N5O4S. The molecule has 146 valence electrons. The second-order valence-electron chi connectivity index (χ2n) is 4.94. The van der Waals surface area contributed by atoms with Crippen molar-refractivity contribution in [3.8, 4) is 11.3 Å². The van der Waals surface area contributed by atoms with Gasteiger partial charge in [0.1, 0.15) is 17.7 Å². The van der Waals surface area contributed by atoms with Crippen molar-refractivity contribution in [3.05, 3.63) is 56.6 Å². The Morgan fingerprint density at radius 2 is 1.89 bits per heavy atom. The minimum Gasteiger partial charge on any atom is -0.301 e. The first-order chi connectivity index (χ1) is 13.5. The molecule has 0 aliphatic heterocycles. The predicted octanol–water partition coefficient (Wildman–Crippen LogP) is 5.53. The second-order valence-corrected chi connectivity index (χ2v) is 6.26. The highest BCUT2D eigenvalue weighted by Gasteiger charge is 2.14. The first kappa shape index (κ1) is 21.9. The molecule has 0 amide bonds. The van der Waals surface area contributed by atoms with E-state index in [1.807, 2.05) is 6.92 Å². The van der Waals surface area contributed by atoms with Crippen molar-refractivity contribution in [2.45, 2.75) is 6.92 Å². The minimum atomic E-state index is -0.590. The molecule has 0 aliphatic carbocycles. The summed E-state index contributed by atoms with van der Waals surface area (Å²) in [7, 11) is 0. The maximum Gasteiger partial charge on any atom is 0.272 e. The lowest BCUT2D eigenvalue weighted by molar-refractivity contribution is -0.384. The van der Waals surface area contributed by atoms with Gasteiger partial charge in [-0.25, -0.2) is 0 Å². The van der Waals surface area contributed by atoms with Crippen LogP contribution in [-0.2, 0) is 9.32 Å². The van der Waals surface area contributed by atoms with Crippen LogP contribution in [0.25, 0.3) is 0 Å². The first-order valence-corrected chi connectivity index (χ1v) is 9.08. The van der Waals surface area contributed by atoms with Crippen molar-refractivity contribution in [3.63, 3.8) is 0 Å². The summed E-state index contributed by atoms with van der Waals surface area (Å²) in [5.74, 6) is 4.73. The minimum absolute atomic E-state index is 0.0354. The van der Waals surface area contributed by atoms with Gasteiger partial charge in [-0.3, -0.25) is 10.1 Å². The van der Waals surface area contributed by atoms with Crippen molar-refractivity contribution in [2.24, 2.45) is 16.1 Å². The third-order valence-electron chi connectivity index (χ3n) is 3.25. The van der Waals surface area contributed by atoms with E-state index < -0.39 is 4.92 Å². The fourth-order valence-electron chi connectivity index (χ4n) is 2.00. The van der Waals surface area contributed by atoms with Crippen molar-refractivity contribution >= 4 is 58.0 Å². The zero-order valence-electron chi connectivity index (χ0n) is 14.3. The van der Waals surface area contributed by atoms with Gasteiger partial charge >= 0.3 is 0 Å². The zero-order chi connectivity index (χ0) is 20.5. The number of hydrogen-bond acceptors (Lipinski definition) is 9. The number of nitrogens with zero attached hydrogens (tertiary/aromatic N) is 4. The molecule has 0 saturated carbocycles. The number of nitrogens with two attached hydrogens (primary N) is 1. The molecule has 0 atom stereocenters. The fourth-order valence-corrected chi connectivity index (χ4v) is 2.77. The lowest BCUT2D eigenvalue weighted by Crippen LogP contribution is -2.15. The van der Waals surface area contributed by atoms with Crippen LogP contribution in [0.3, 0.4) is 0 Å². The number of nitro benzene ring substituents is 1. The summed E-state index contributed by atoms with van der Waals surface area (Å²) >= 11 is 12.8. The maximum atomic E-state index is 10.8. The van der Waals surface area contributed by atoms with Crippen LogP contribution in [0.5, 0.6) is 0 Å². The Morgan fingerprint density at radius 1 is 1.25 bits per heavy atom. The number of azo groups is 1. The van der Waals surface area contributed by atoms with Gasteiger partial charge in [0.15, 0.2) is 0 Å². The summed E-state index contributed by atoms with van der Waals surface area (Å²) in [4.78, 5) is 15.9. The quantitative estimate of drug-likeness (QED) is 0.0876. The van der Waals surface area contributed by atoms with Crippen LogP contribution in [-0.4, -0.2) is 11.5 Å². The standard InChI is InChI=1S/C16H13Cl2N5O4S/c1-2-22(7-8-28-27-26-19)12-5-3-11(4-6-12)20-21-16-14(17)9-13(23(24)25)10-15(16)18/h3-6,9-10H,2,19H2,1H3. The van der Waals surface area contributed by atoms with Crippen molar-refractivity contribution < 1.29 is 14.2 Å². The Morgan fingerprint density at radius 3 is 2.43 bits per heavy atom. The molecule has 0 aromatic heterocycles. The van der Waals surface area contributed by atoms with E-state index in [1.54, 1.807) is 29.2 Å². The molecule has 2 rings (SSSR count). The van der Waals surface area contributed by atoms with E-state index in [2.05, 4.69) is 30.8 Å². The molecule has 0 spiro atoms. The monoisotopic (exact) mass is 441 g/mol. The Kier molecular flexibility index (Phi) is 8.46. The Balaban J connectivity index is 2.15. The Labute approximate surface area is 174 Å². The van der Waals surface area contributed by atoms with Crippen LogP contribution >= 0.6 is 35.2 Å². The van der Waals surface area contributed by atoms with E-state index in [9.17, 15) is 10.1 Å². The molecule has 2 aromatic carbocycles. The van der Waals surface area contributed by atoms with Crippen LogP contribution in [0.2, 0.25) is 10.0 Å². The first-order valence-electron chi connectivity index (χ1n) is 7.58. The van der Waals surface area contributed by atoms with Gasteiger partial charge in [0.05, 0.1) is 20.7 Å². The fraction of sp³-hybridized carbons (Fsp3) is 0.125. The van der Waals surface area contributed by atoms with Crippen LogP contribution in [0.1, 0.15) is 6.92 Å². The predicted molar refractivity (Wildman–Crippen MR) is 108 cm³/mol. The number of non-ortho nitro benzene ring substituents is 1. The summed E-state index contributed by atoms with van der Waals surface area (Å²) in [6.07, 6.45) is 0. The molecule has 9 nitrogen and oxygen atoms in total. The summed E-state index contributed by atoms with van der Waals surface area (Å²) < 4.78 is 4.40. The normalized spacial score (nSPS) is 10.6. The summed E-state index contributed by atoms with van der Waals surface area (Å²) in [5, 5.41) is 21.6. The van der Waals surface area contributed by atoms with Crippen LogP contribution in [0.4, 0.5) is 22.7 Å². The highest BCUT2D eigenvalue weighted by molar-refractivity contribution is 7.99. The molecule has 0 fully saturated rings. The van der Waals surface area contributed by atoms with Crippen LogP contribution in [0, 0.1) is 21.4 Å². The summed E-state index contributed by atoms with van der Waals surface area (Å²) in [6.45, 7) is 2.57. The van der Waals surface area contributed by atoms with Crippen LogP contribution in [0.15, 0.2) is 46.6 Å².